The zero-order valence-electron chi connectivity index (χ0n) is 11.7. The molecule has 1 fully saturated rings. The fourth-order valence-corrected chi connectivity index (χ4v) is 3.58. The summed E-state index contributed by atoms with van der Waals surface area (Å²) in [6.45, 7) is 2.91. The quantitative estimate of drug-likeness (QED) is 0.901. The van der Waals surface area contributed by atoms with E-state index in [9.17, 15) is 4.79 Å². The molecule has 106 valence electrons. The van der Waals surface area contributed by atoms with Crippen LogP contribution >= 0.6 is 11.3 Å². The van der Waals surface area contributed by atoms with Crippen molar-refractivity contribution in [2.24, 2.45) is 5.73 Å². The van der Waals surface area contributed by atoms with Crippen molar-refractivity contribution in [2.75, 3.05) is 6.54 Å². The Kier molecular flexibility index (Phi) is 5.40. The Balaban J connectivity index is 1.80. The maximum atomic E-state index is 12.3. The standard InChI is InChI=1S/C15H24N2OS/c1-12(16)14-8-2-3-10-17(14)15(18)9-4-6-13-7-5-11-19-13/h5,7,11-12,14H,2-4,6,8-10,16H2,1H3. The Bertz CT molecular complexity index is 389. The van der Waals surface area contributed by atoms with Gasteiger partial charge in [-0.25, -0.2) is 0 Å². The molecule has 1 amide bonds. The molecule has 0 spiro atoms. The lowest BCUT2D eigenvalue weighted by atomic mass is 9.96. The molecule has 19 heavy (non-hydrogen) atoms. The van der Waals surface area contributed by atoms with Gasteiger partial charge in [-0.15, -0.1) is 11.3 Å². The number of nitrogens with two attached hydrogens (primary N) is 1. The minimum Gasteiger partial charge on any atom is -0.338 e. The number of carbonyl (C=O) groups excluding carboxylic acids is 1. The van der Waals surface area contributed by atoms with Crippen LogP contribution in [-0.4, -0.2) is 29.4 Å². The van der Waals surface area contributed by atoms with E-state index in [2.05, 4.69) is 17.5 Å². The lowest BCUT2D eigenvalue weighted by Crippen LogP contribution is -2.51. The van der Waals surface area contributed by atoms with Crippen LogP contribution in [0.5, 0.6) is 0 Å². The fraction of sp³-hybridized carbons (Fsp3) is 0.667. The number of hydrogen-bond donors (Lipinski definition) is 1. The predicted octanol–water partition coefficient (Wildman–Crippen LogP) is 2.80. The van der Waals surface area contributed by atoms with Gasteiger partial charge >= 0.3 is 0 Å². The summed E-state index contributed by atoms with van der Waals surface area (Å²) in [5, 5.41) is 2.09. The molecule has 2 atom stereocenters. The Morgan fingerprint density at radius 3 is 3.11 bits per heavy atom. The molecule has 1 aliphatic heterocycles. The van der Waals surface area contributed by atoms with Crippen molar-refractivity contribution in [2.45, 2.75) is 57.5 Å². The van der Waals surface area contributed by atoms with Gasteiger partial charge in [0, 0.05) is 29.9 Å². The Labute approximate surface area is 119 Å². The first kappa shape index (κ1) is 14.5. The van der Waals surface area contributed by atoms with Crippen LogP contribution in [0.25, 0.3) is 0 Å². The molecule has 2 heterocycles. The normalized spacial score (nSPS) is 21.4. The minimum atomic E-state index is 0.0848. The summed E-state index contributed by atoms with van der Waals surface area (Å²) in [4.78, 5) is 15.7. The van der Waals surface area contributed by atoms with E-state index in [4.69, 9.17) is 5.73 Å². The first-order valence-electron chi connectivity index (χ1n) is 7.26. The third-order valence-corrected chi connectivity index (χ3v) is 4.81. The van der Waals surface area contributed by atoms with E-state index >= 15 is 0 Å². The number of aryl methyl sites for hydroxylation is 1. The van der Waals surface area contributed by atoms with Crippen molar-refractivity contribution < 1.29 is 4.79 Å². The van der Waals surface area contributed by atoms with Crippen molar-refractivity contribution in [1.29, 1.82) is 0 Å². The molecule has 1 aliphatic rings. The van der Waals surface area contributed by atoms with Crippen molar-refractivity contribution in [1.82, 2.24) is 4.90 Å². The van der Waals surface area contributed by atoms with Gasteiger partial charge in [0.05, 0.1) is 0 Å². The van der Waals surface area contributed by atoms with Crippen LogP contribution in [0.2, 0.25) is 0 Å². The summed E-state index contributed by atoms with van der Waals surface area (Å²) >= 11 is 1.77. The van der Waals surface area contributed by atoms with Gasteiger partial charge in [-0.1, -0.05) is 6.07 Å². The molecular formula is C15H24N2OS. The molecule has 2 unspecified atom stereocenters. The molecule has 1 aromatic heterocycles. The van der Waals surface area contributed by atoms with Gasteiger partial charge in [0.25, 0.3) is 0 Å². The third kappa shape index (κ3) is 4.05. The number of hydrogen-bond acceptors (Lipinski definition) is 3. The first-order valence-corrected chi connectivity index (χ1v) is 8.14. The fourth-order valence-electron chi connectivity index (χ4n) is 2.83. The van der Waals surface area contributed by atoms with Gasteiger partial charge in [0.1, 0.15) is 0 Å². The molecule has 1 saturated heterocycles. The van der Waals surface area contributed by atoms with E-state index in [1.54, 1.807) is 11.3 Å². The zero-order chi connectivity index (χ0) is 13.7. The number of rotatable bonds is 5. The summed E-state index contributed by atoms with van der Waals surface area (Å²) < 4.78 is 0. The highest BCUT2D eigenvalue weighted by atomic mass is 32.1. The molecule has 2 rings (SSSR count). The number of likely N-dealkylation sites (tertiary alicyclic amines) is 1. The van der Waals surface area contributed by atoms with E-state index in [1.165, 1.54) is 11.3 Å². The zero-order valence-corrected chi connectivity index (χ0v) is 12.5. The minimum absolute atomic E-state index is 0.0848. The number of piperidine rings is 1. The van der Waals surface area contributed by atoms with Gasteiger partial charge in [-0.2, -0.15) is 0 Å². The molecule has 2 N–H and O–H groups in total. The lowest BCUT2D eigenvalue weighted by Gasteiger charge is -2.38. The van der Waals surface area contributed by atoms with E-state index in [0.717, 1.165) is 32.2 Å². The molecule has 4 heteroatoms. The molecule has 3 nitrogen and oxygen atoms in total. The van der Waals surface area contributed by atoms with Crippen LogP contribution in [-0.2, 0) is 11.2 Å². The SMILES string of the molecule is CC(N)C1CCCCN1C(=O)CCCc1cccs1. The van der Waals surface area contributed by atoms with Crippen molar-refractivity contribution in [3.8, 4) is 0 Å². The Hall–Kier alpha value is -0.870. The predicted molar refractivity (Wildman–Crippen MR) is 80.3 cm³/mol. The van der Waals surface area contributed by atoms with Gasteiger partial charge in [-0.3, -0.25) is 4.79 Å². The number of amides is 1. The Morgan fingerprint density at radius 2 is 2.42 bits per heavy atom. The molecule has 1 aromatic rings. The lowest BCUT2D eigenvalue weighted by molar-refractivity contribution is -0.135. The van der Waals surface area contributed by atoms with E-state index in [-0.39, 0.29) is 12.1 Å². The molecule has 0 aliphatic carbocycles. The summed E-state index contributed by atoms with van der Waals surface area (Å²) in [5.41, 5.74) is 6.01. The van der Waals surface area contributed by atoms with Gasteiger partial charge < -0.3 is 10.6 Å². The highest BCUT2D eigenvalue weighted by molar-refractivity contribution is 7.09. The number of carbonyl (C=O) groups is 1. The van der Waals surface area contributed by atoms with E-state index in [1.807, 2.05) is 11.8 Å². The number of thiophene rings is 1. The maximum Gasteiger partial charge on any atom is 0.222 e. The highest BCUT2D eigenvalue weighted by Crippen LogP contribution is 2.21. The maximum absolute atomic E-state index is 12.3. The number of nitrogens with zero attached hydrogens (tertiary/aromatic N) is 1. The average Bonchev–Trinajstić information content (AvgIpc) is 2.91. The van der Waals surface area contributed by atoms with Gasteiger partial charge in [0.2, 0.25) is 5.91 Å². The molecule has 0 saturated carbocycles. The summed E-state index contributed by atoms with van der Waals surface area (Å²) in [7, 11) is 0. The van der Waals surface area contributed by atoms with E-state index < -0.39 is 0 Å². The van der Waals surface area contributed by atoms with Crippen LogP contribution < -0.4 is 5.73 Å². The van der Waals surface area contributed by atoms with Crippen molar-refractivity contribution >= 4 is 17.2 Å². The van der Waals surface area contributed by atoms with Crippen molar-refractivity contribution in [3.63, 3.8) is 0 Å². The largest absolute Gasteiger partial charge is 0.338 e. The molecule has 0 radical (unpaired) electrons. The highest BCUT2D eigenvalue weighted by Gasteiger charge is 2.28. The summed E-state index contributed by atoms with van der Waals surface area (Å²) in [5.74, 6) is 0.290. The van der Waals surface area contributed by atoms with Gasteiger partial charge in [0.15, 0.2) is 0 Å². The second-order valence-electron chi connectivity index (χ2n) is 5.44. The van der Waals surface area contributed by atoms with Crippen LogP contribution in [0.4, 0.5) is 0 Å². The van der Waals surface area contributed by atoms with Crippen molar-refractivity contribution in [3.05, 3.63) is 22.4 Å². The second-order valence-corrected chi connectivity index (χ2v) is 6.47. The molecular weight excluding hydrogens is 256 g/mol. The summed E-state index contributed by atoms with van der Waals surface area (Å²) in [6, 6.07) is 4.55. The summed E-state index contributed by atoms with van der Waals surface area (Å²) in [6.07, 6.45) is 6.00. The van der Waals surface area contributed by atoms with Crippen LogP contribution in [0, 0.1) is 0 Å². The molecule has 0 aromatic carbocycles. The van der Waals surface area contributed by atoms with Crippen LogP contribution in [0.3, 0.4) is 0 Å². The smallest absolute Gasteiger partial charge is 0.222 e. The average molecular weight is 280 g/mol. The van der Waals surface area contributed by atoms with Gasteiger partial charge in [-0.05, 0) is 50.5 Å². The van der Waals surface area contributed by atoms with Crippen LogP contribution in [0.1, 0.15) is 43.9 Å². The monoisotopic (exact) mass is 280 g/mol. The van der Waals surface area contributed by atoms with Crippen LogP contribution in [0.15, 0.2) is 17.5 Å². The first-order chi connectivity index (χ1) is 9.18. The molecule has 0 bridgehead atoms. The second kappa shape index (κ2) is 7.06. The van der Waals surface area contributed by atoms with E-state index in [0.29, 0.717) is 12.3 Å². The third-order valence-electron chi connectivity index (χ3n) is 3.87. The Morgan fingerprint density at radius 1 is 1.58 bits per heavy atom. The topological polar surface area (TPSA) is 46.3 Å².